The molecule has 0 saturated carbocycles. The molecule has 0 atom stereocenters. The summed E-state index contributed by atoms with van der Waals surface area (Å²) in [6.07, 6.45) is 2.92. The van der Waals surface area contributed by atoms with Gasteiger partial charge in [-0.25, -0.2) is 0 Å². The van der Waals surface area contributed by atoms with E-state index in [9.17, 15) is 0 Å². The standard InChI is InChI=1S/C9H17N3/c1-8(2)12-9(4-6-10-3)5-7-11-12/h5,7-8,10H,4,6H2,1-3H3. The summed E-state index contributed by atoms with van der Waals surface area (Å²) in [5, 5.41) is 7.39. The van der Waals surface area contributed by atoms with Gasteiger partial charge in [-0.05, 0) is 27.0 Å². The van der Waals surface area contributed by atoms with E-state index < -0.39 is 0 Å². The average Bonchev–Trinajstić information content (AvgIpc) is 2.48. The summed E-state index contributed by atoms with van der Waals surface area (Å²) < 4.78 is 2.07. The van der Waals surface area contributed by atoms with Crippen molar-refractivity contribution in [3.8, 4) is 0 Å². The lowest BCUT2D eigenvalue weighted by Crippen LogP contribution is -2.14. The van der Waals surface area contributed by atoms with Crippen molar-refractivity contribution >= 4 is 0 Å². The van der Waals surface area contributed by atoms with Crippen LogP contribution in [-0.2, 0) is 6.42 Å². The molecule has 0 aliphatic rings. The third-order valence-corrected chi connectivity index (χ3v) is 1.87. The van der Waals surface area contributed by atoms with Crippen molar-refractivity contribution in [2.45, 2.75) is 26.3 Å². The largest absolute Gasteiger partial charge is 0.319 e. The summed E-state index contributed by atoms with van der Waals surface area (Å²) >= 11 is 0. The summed E-state index contributed by atoms with van der Waals surface area (Å²) in [7, 11) is 1.97. The smallest absolute Gasteiger partial charge is 0.0492 e. The fourth-order valence-corrected chi connectivity index (χ4v) is 1.26. The molecule has 12 heavy (non-hydrogen) atoms. The van der Waals surface area contributed by atoms with Gasteiger partial charge in [0.25, 0.3) is 0 Å². The normalized spacial score (nSPS) is 11.0. The molecule has 0 saturated heterocycles. The second-order valence-electron chi connectivity index (χ2n) is 3.21. The van der Waals surface area contributed by atoms with Crippen molar-refractivity contribution in [3.05, 3.63) is 18.0 Å². The van der Waals surface area contributed by atoms with Gasteiger partial charge in [-0.3, -0.25) is 4.68 Å². The topological polar surface area (TPSA) is 29.9 Å². The zero-order valence-electron chi connectivity index (χ0n) is 8.04. The Hall–Kier alpha value is -0.830. The second kappa shape index (κ2) is 4.26. The van der Waals surface area contributed by atoms with E-state index in [2.05, 4.69) is 35.0 Å². The lowest BCUT2D eigenvalue weighted by Gasteiger charge is -2.10. The Bertz CT molecular complexity index is 227. The summed E-state index contributed by atoms with van der Waals surface area (Å²) in [4.78, 5) is 0. The highest BCUT2D eigenvalue weighted by molar-refractivity contribution is 5.01. The van der Waals surface area contributed by atoms with Crippen LogP contribution in [0.5, 0.6) is 0 Å². The van der Waals surface area contributed by atoms with Crippen LogP contribution in [0.15, 0.2) is 12.3 Å². The summed E-state index contributed by atoms with van der Waals surface area (Å²) in [5.41, 5.74) is 1.30. The van der Waals surface area contributed by atoms with Gasteiger partial charge in [-0.15, -0.1) is 0 Å². The number of likely N-dealkylation sites (N-methyl/N-ethyl adjacent to an activating group) is 1. The van der Waals surface area contributed by atoms with E-state index in [0.717, 1.165) is 13.0 Å². The van der Waals surface area contributed by atoms with E-state index in [-0.39, 0.29) is 0 Å². The molecule has 0 radical (unpaired) electrons. The summed E-state index contributed by atoms with van der Waals surface area (Å²) in [6.45, 7) is 5.31. The van der Waals surface area contributed by atoms with Crippen LogP contribution in [0.25, 0.3) is 0 Å². The van der Waals surface area contributed by atoms with Gasteiger partial charge in [-0.2, -0.15) is 5.10 Å². The van der Waals surface area contributed by atoms with Gasteiger partial charge in [0, 0.05) is 30.9 Å². The van der Waals surface area contributed by atoms with Gasteiger partial charge >= 0.3 is 0 Å². The minimum atomic E-state index is 0.465. The zero-order chi connectivity index (χ0) is 8.97. The van der Waals surface area contributed by atoms with E-state index in [0.29, 0.717) is 6.04 Å². The molecule has 1 rings (SSSR count). The first-order valence-electron chi connectivity index (χ1n) is 4.42. The quantitative estimate of drug-likeness (QED) is 0.731. The number of rotatable bonds is 4. The van der Waals surface area contributed by atoms with Crippen molar-refractivity contribution in [2.24, 2.45) is 0 Å². The minimum absolute atomic E-state index is 0.465. The molecule has 0 amide bonds. The fourth-order valence-electron chi connectivity index (χ4n) is 1.26. The number of hydrogen-bond acceptors (Lipinski definition) is 2. The minimum Gasteiger partial charge on any atom is -0.319 e. The van der Waals surface area contributed by atoms with Crippen LogP contribution >= 0.6 is 0 Å². The molecule has 0 aliphatic heterocycles. The van der Waals surface area contributed by atoms with E-state index >= 15 is 0 Å². The van der Waals surface area contributed by atoms with E-state index in [1.54, 1.807) is 0 Å². The SMILES string of the molecule is CNCCc1ccnn1C(C)C. The molecular formula is C9H17N3. The van der Waals surface area contributed by atoms with Gasteiger partial charge in [0.05, 0.1) is 0 Å². The van der Waals surface area contributed by atoms with Crippen molar-refractivity contribution in [3.63, 3.8) is 0 Å². The molecule has 3 nitrogen and oxygen atoms in total. The third-order valence-electron chi connectivity index (χ3n) is 1.87. The molecule has 1 aromatic rings. The average molecular weight is 167 g/mol. The lowest BCUT2D eigenvalue weighted by molar-refractivity contribution is 0.506. The summed E-state index contributed by atoms with van der Waals surface area (Å²) in [5.74, 6) is 0. The highest BCUT2D eigenvalue weighted by Gasteiger charge is 2.03. The Morgan fingerprint density at radius 2 is 2.33 bits per heavy atom. The van der Waals surface area contributed by atoms with Crippen LogP contribution in [0.1, 0.15) is 25.6 Å². The monoisotopic (exact) mass is 167 g/mol. The molecule has 1 aromatic heterocycles. The van der Waals surface area contributed by atoms with Crippen molar-refractivity contribution in [1.29, 1.82) is 0 Å². The van der Waals surface area contributed by atoms with Gasteiger partial charge in [0.2, 0.25) is 0 Å². The predicted molar refractivity (Wildman–Crippen MR) is 50.2 cm³/mol. The zero-order valence-corrected chi connectivity index (χ0v) is 8.04. The highest BCUT2D eigenvalue weighted by Crippen LogP contribution is 2.07. The maximum atomic E-state index is 4.26. The van der Waals surface area contributed by atoms with E-state index in [1.807, 2.05) is 13.2 Å². The van der Waals surface area contributed by atoms with Crippen LogP contribution < -0.4 is 5.32 Å². The Labute approximate surface area is 73.8 Å². The fraction of sp³-hybridized carbons (Fsp3) is 0.667. The number of nitrogens with one attached hydrogen (secondary N) is 1. The van der Waals surface area contributed by atoms with Crippen LogP contribution in [-0.4, -0.2) is 23.4 Å². The number of hydrogen-bond donors (Lipinski definition) is 1. The van der Waals surface area contributed by atoms with Crippen LogP contribution in [0.2, 0.25) is 0 Å². The molecule has 3 heteroatoms. The maximum Gasteiger partial charge on any atom is 0.0492 e. The van der Waals surface area contributed by atoms with Crippen molar-refractivity contribution < 1.29 is 0 Å². The predicted octanol–water partition coefficient (Wildman–Crippen LogP) is 1.23. The van der Waals surface area contributed by atoms with E-state index in [4.69, 9.17) is 0 Å². The summed E-state index contributed by atoms with van der Waals surface area (Å²) in [6, 6.07) is 2.55. The van der Waals surface area contributed by atoms with Gasteiger partial charge in [0.1, 0.15) is 0 Å². The highest BCUT2D eigenvalue weighted by atomic mass is 15.3. The van der Waals surface area contributed by atoms with E-state index in [1.165, 1.54) is 5.69 Å². The molecule has 0 fully saturated rings. The molecule has 0 aromatic carbocycles. The molecular weight excluding hydrogens is 150 g/mol. The van der Waals surface area contributed by atoms with Crippen LogP contribution in [0, 0.1) is 0 Å². The number of nitrogens with zero attached hydrogens (tertiary/aromatic N) is 2. The van der Waals surface area contributed by atoms with Crippen molar-refractivity contribution in [1.82, 2.24) is 15.1 Å². The van der Waals surface area contributed by atoms with Gasteiger partial charge < -0.3 is 5.32 Å². The first-order valence-corrected chi connectivity index (χ1v) is 4.42. The number of aromatic nitrogens is 2. The molecule has 0 bridgehead atoms. The maximum absolute atomic E-state index is 4.26. The lowest BCUT2D eigenvalue weighted by atomic mass is 10.3. The molecule has 0 spiro atoms. The first kappa shape index (κ1) is 9.26. The molecule has 0 aliphatic carbocycles. The van der Waals surface area contributed by atoms with Gasteiger partial charge in [0.15, 0.2) is 0 Å². The van der Waals surface area contributed by atoms with Gasteiger partial charge in [-0.1, -0.05) is 0 Å². The molecule has 1 heterocycles. The van der Waals surface area contributed by atoms with Crippen molar-refractivity contribution in [2.75, 3.05) is 13.6 Å². The Morgan fingerprint density at radius 3 is 2.92 bits per heavy atom. The molecule has 0 unspecified atom stereocenters. The Kier molecular flexibility index (Phi) is 3.29. The Morgan fingerprint density at radius 1 is 1.58 bits per heavy atom. The second-order valence-corrected chi connectivity index (χ2v) is 3.21. The Balaban J connectivity index is 2.64. The third kappa shape index (κ3) is 2.08. The first-order chi connectivity index (χ1) is 5.75. The molecule has 68 valence electrons. The van der Waals surface area contributed by atoms with Crippen LogP contribution in [0.3, 0.4) is 0 Å². The molecule has 1 N–H and O–H groups in total. The van der Waals surface area contributed by atoms with Crippen LogP contribution in [0.4, 0.5) is 0 Å².